The molecule has 0 aromatic heterocycles. The van der Waals surface area contributed by atoms with E-state index in [-0.39, 0.29) is 5.92 Å². The van der Waals surface area contributed by atoms with Crippen LogP contribution in [0.3, 0.4) is 0 Å². The Morgan fingerprint density at radius 3 is 2.71 bits per heavy atom. The lowest BCUT2D eigenvalue weighted by molar-refractivity contribution is 0.0525. The van der Waals surface area contributed by atoms with Crippen LogP contribution in [0, 0.1) is 23.2 Å². The van der Waals surface area contributed by atoms with E-state index in [4.69, 9.17) is 10.00 Å². The van der Waals surface area contributed by atoms with E-state index in [0.29, 0.717) is 12.5 Å². The highest BCUT2D eigenvalue weighted by molar-refractivity contribution is 5.67. The summed E-state index contributed by atoms with van der Waals surface area (Å²) in [5, 5.41) is 11.2. The van der Waals surface area contributed by atoms with E-state index in [1.54, 1.807) is 0 Å². The van der Waals surface area contributed by atoms with Crippen LogP contribution in [-0.4, -0.2) is 18.2 Å². The number of hydrogen-bond donors (Lipinski definition) is 1. The van der Waals surface area contributed by atoms with Gasteiger partial charge >= 0.3 is 6.09 Å². The highest BCUT2D eigenvalue weighted by Crippen LogP contribution is 2.36. The van der Waals surface area contributed by atoms with Gasteiger partial charge in [-0.2, -0.15) is 5.26 Å². The highest BCUT2D eigenvalue weighted by atomic mass is 16.6. The van der Waals surface area contributed by atoms with Crippen LogP contribution >= 0.6 is 0 Å². The van der Waals surface area contributed by atoms with Crippen LogP contribution in [0.2, 0.25) is 0 Å². The maximum atomic E-state index is 11.2. The van der Waals surface area contributed by atoms with Gasteiger partial charge in [-0.05, 0) is 33.1 Å². The van der Waals surface area contributed by atoms with Gasteiger partial charge in [0, 0.05) is 6.54 Å². The number of nitrogens with zero attached hydrogens (tertiary/aromatic N) is 1. The molecule has 4 heteroatoms. The van der Waals surface area contributed by atoms with E-state index in [9.17, 15) is 4.79 Å². The number of rotatable bonds is 2. The highest BCUT2D eigenvalue weighted by Gasteiger charge is 2.37. The topological polar surface area (TPSA) is 62.1 Å². The molecule has 0 unspecified atom stereocenters. The minimum atomic E-state index is -0.456. The summed E-state index contributed by atoms with van der Waals surface area (Å²) in [6, 6.07) is 2.17. The molecule has 4 nitrogen and oxygen atoms in total. The molecule has 0 saturated heterocycles. The van der Waals surface area contributed by atoms with Crippen LogP contribution in [0.1, 0.15) is 27.2 Å². The predicted molar refractivity (Wildman–Crippen MR) is 51.4 cm³/mol. The molecule has 1 N–H and O–H groups in total. The fraction of sp³-hybridized carbons (Fsp3) is 0.800. The maximum absolute atomic E-state index is 11.2. The molecular weight excluding hydrogens is 180 g/mol. The van der Waals surface area contributed by atoms with Crippen molar-refractivity contribution in [2.24, 2.45) is 11.8 Å². The Kier molecular flexibility index (Phi) is 3.00. The lowest BCUT2D eigenvalue weighted by atomic mass is 10.2. The minimum absolute atomic E-state index is 0.130. The number of alkyl carbamates (subject to hydrolysis) is 1. The summed E-state index contributed by atoms with van der Waals surface area (Å²) in [4.78, 5) is 11.2. The molecule has 0 aliphatic heterocycles. The summed E-state index contributed by atoms with van der Waals surface area (Å²) >= 11 is 0. The van der Waals surface area contributed by atoms with Gasteiger partial charge in [-0.25, -0.2) is 4.79 Å². The smallest absolute Gasteiger partial charge is 0.407 e. The van der Waals surface area contributed by atoms with E-state index in [2.05, 4.69) is 11.4 Å². The number of nitrogens with one attached hydrogen (secondary N) is 1. The van der Waals surface area contributed by atoms with E-state index in [1.807, 2.05) is 20.8 Å². The van der Waals surface area contributed by atoms with Crippen LogP contribution in [0.25, 0.3) is 0 Å². The van der Waals surface area contributed by atoms with E-state index < -0.39 is 11.7 Å². The van der Waals surface area contributed by atoms with Crippen molar-refractivity contribution in [2.45, 2.75) is 32.8 Å². The third kappa shape index (κ3) is 3.65. The lowest BCUT2D eigenvalue weighted by Gasteiger charge is -2.19. The zero-order valence-corrected chi connectivity index (χ0v) is 8.83. The Labute approximate surface area is 84.2 Å². The van der Waals surface area contributed by atoms with Crippen LogP contribution in [-0.2, 0) is 4.74 Å². The van der Waals surface area contributed by atoms with Gasteiger partial charge in [0.2, 0.25) is 0 Å². The van der Waals surface area contributed by atoms with Gasteiger partial charge in [-0.1, -0.05) is 0 Å². The van der Waals surface area contributed by atoms with Crippen molar-refractivity contribution in [3.8, 4) is 6.07 Å². The first-order chi connectivity index (χ1) is 6.42. The summed E-state index contributed by atoms with van der Waals surface area (Å²) < 4.78 is 5.05. The molecule has 14 heavy (non-hydrogen) atoms. The Bertz CT molecular complexity index is 262. The second-order valence-electron chi connectivity index (χ2n) is 4.61. The largest absolute Gasteiger partial charge is 0.444 e. The van der Waals surface area contributed by atoms with Crippen molar-refractivity contribution in [2.75, 3.05) is 6.54 Å². The standard InChI is InChI=1S/C10H16N2O2/c1-10(2,3)14-9(13)12-6-8-4-7(8)5-11/h7-8H,4,6H2,1-3H3,(H,12,13)/t7-,8+/m1/s1. The molecule has 1 aliphatic carbocycles. The van der Waals surface area contributed by atoms with Gasteiger partial charge in [0.15, 0.2) is 0 Å². The van der Waals surface area contributed by atoms with E-state index >= 15 is 0 Å². The Hall–Kier alpha value is -1.24. The van der Waals surface area contributed by atoms with E-state index in [0.717, 1.165) is 6.42 Å². The van der Waals surface area contributed by atoms with Gasteiger partial charge in [0.25, 0.3) is 0 Å². The SMILES string of the molecule is CC(C)(C)OC(=O)NC[C@@H]1C[C@@H]1C#N. The first-order valence-corrected chi connectivity index (χ1v) is 4.79. The van der Waals surface area contributed by atoms with Gasteiger partial charge in [-0.3, -0.25) is 0 Å². The normalized spacial score (nSPS) is 25.0. The second-order valence-corrected chi connectivity index (χ2v) is 4.61. The molecule has 1 aliphatic rings. The molecule has 1 fully saturated rings. The van der Waals surface area contributed by atoms with Crippen molar-refractivity contribution in [1.29, 1.82) is 5.26 Å². The Morgan fingerprint density at radius 2 is 2.29 bits per heavy atom. The van der Waals surface area contributed by atoms with E-state index in [1.165, 1.54) is 0 Å². The monoisotopic (exact) mass is 196 g/mol. The molecule has 1 amide bonds. The summed E-state index contributed by atoms with van der Waals surface area (Å²) in [7, 11) is 0. The van der Waals surface area contributed by atoms with Crippen LogP contribution in [0.15, 0.2) is 0 Å². The molecule has 78 valence electrons. The van der Waals surface area contributed by atoms with Crippen molar-refractivity contribution >= 4 is 6.09 Å². The van der Waals surface area contributed by atoms with Crippen molar-refractivity contribution in [3.63, 3.8) is 0 Å². The molecule has 0 aromatic rings. The van der Waals surface area contributed by atoms with Gasteiger partial charge in [0.05, 0.1) is 12.0 Å². The summed E-state index contributed by atoms with van der Waals surface area (Å²) in [5.74, 6) is 0.456. The maximum Gasteiger partial charge on any atom is 0.407 e. The molecule has 0 radical (unpaired) electrons. The van der Waals surface area contributed by atoms with Crippen LogP contribution < -0.4 is 5.32 Å². The number of carbonyl (C=O) groups is 1. The average Bonchev–Trinajstić information content (AvgIpc) is 2.76. The van der Waals surface area contributed by atoms with Gasteiger partial charge < -0.3 is 10.1 Å². The summed E-state index contributed by atoms with van der Waals surface area (Å²) in [6.45, 7) is 6.01. The quantitative estimate of drug-likeness (QED) is 0.730. The van der Waals surface area contributed by atoms with Crippen LogP contribution in [0.4, 0.5) is 4.79 Å². The average molecular weight is 196 g/mol. The molecule has 2 atom stereocenters. The molecule has 0 bridgehead atoms. The minimum Gasteiger partial charge on any atom is -0.444 e. The zero-order valence-electron chi connectivity index (χ0n) is 8.83. The molecule has 0 spiro atoms. The molecule has 0 aromatic carbocycles. The van der Waals surface area contributed by atoms with Crippen molar-refractivity contribution in [1.82, 2.24) is 5.32 Å². The first kappa shape index (κ1) is 10.8. The molecule has 1 saturated carbocycles. The number of carbonyl (C=O) groups excluding carboxylic acids is 1. The number of ether oxygens (including phenoxy) is 1. The van der Waals surface area contributed by atoms with Crippen molar-refractivity contribution in [3.05, 3.63) is 0 Å². The first-order valence-electron chi connectivity index (χ1n) is 4.79. The summed E-state index contributed by atoms with van der Waals surface area (Å²) in [5.41, 5.74) is -0.456. The number of amides is 1. The zero-order chi connectivity index (χ0) is 10.8. The molecule has 0 heterocycles. The predicted octanol–water partition coefficient (Wildman–Crippen LogP) is 1.67. The van der Waals surface area contributed by atoms with Crippen molar-refractivity contribution < 1.29 is 9.53 Å². The molecule has 1 rings (SSSR count). The third-order valence-electron chi connectivity index (χ3n) is 2.00. The third-order valence-corrected chi connectivity index (χ3v) is 2.00. The van der Waals surface area contributed by atoms with Crippen LogP contribution in [0.5, 0.6) is 0 Å². The van der Waals surface area contributed by atoms with Gasteiger partial charge in [-0.15, -0.1) is 0 Å². The summed E-state index contributed by atoms with van der Waals surface area (Å²) in [6.07, 6.45) is 0.493. The number of hydrogen-bond acceptors (Lipinski definition) is 3. The van der Waals surface area contributed by atoms with Gasteiger partial charge in [0.1, 0.15) is 5.60 Å². The Morgan fingerprint density at radius 1 is 1.64 bits per heavy atom. The molecular formula is C10H16N2O2. The Balaban J connectivity index is 2.14. The number of nitriles is 1. The fourth-order valence-corrected chi connectivity index (χ4v) is 1.16. The second kappa shape index (κ2) is 3.87. The lowest BCUT2D eigenvalue weighted by Crippen LogP contribution is -2.33. The fourth-order valence-electron chi connectivity index (χ4n) is 1.16.